The molecule has 2 aliphatic carbocycles. The van der Waals surface area contributed by atoms with Crippen LogP contribution in [0.25, 0.3) is 22.6 Å². The van der Waals surface area contributed by atoms with Gasteiger partial charge in [-0.05, 0) is 68.5 Å². The second-order valence-corrected chi connectivity index (χ2v) is 8.62. The topological polar surface area (TPSA) is 92.7 Å². The van der Waals surface area contributed by atoms with Crippen molar-refractivity contribution >= 4 is 22.9 Å². The van der Waals surface area contributed by atoms with Crippen molar-refractivity contribution in [3.8, 4) is 11.5 Å². The van der Waals surface area contributed by atoms with Gasteiger partial charge in [0.2, 0.25) is 11.8 Å². The van der Waals surface area contributed by atoms with E-state index in [1.165, 1.54) is 5.01 Å². The normalized spacial score (nSPS) is 20.7. The molecule has 7 nitrogen and oxygen atoms in total. The summed E-state index contributed by atoms with van der Waals surface area (Å²) in [5.41, 5.74) is 2.97. The smallest absolute Gasteiger partial charge is 0.253 e. The molecule has 160 valence electrons. The SMILES string of the molecule is CN(C(=O)c1ccc(-c2nc3ccccc3o2)cc1)[C@@H]1CC[C@H](C(=O)N(N)C2CC2)C1. The van der Waals surface area contributed by atoms with Gasteiger partial charge in [-0.15, -0.1) is 0 Å². The number of benzene rings is 2. The van der Waals surface area contributed by atoms with Crippen LogP contribution in [-0.4, -0.2) is 45.8 Å². The highest BCUT2D eigenvalue weighted by Gasteiger charge is 2.39. The van der Waals surface area contributed by atoms with Crippen LogP contribution in [-0.2, 0) is 4.79 Å². The highest BCUT2D eigenvalue weighted by atomic mass is 16.3. The van der Waals surface area contributed by atoms with Gasteiger partial charge in [0.15, 0.2) is 5.58 Å². The number of para-hydroxylation sites is 2. The second kappa shape index (κ2) is 7.81. The summed E-state index contributed by atoms with van der Waals surface area (Å²) in [4.78, 5) is 31.8. The quantitative estimate of drug-likeness (QED) is 0.388. The molecule has 5 rings (SSSR count). The van der Waals surface area contributed by atoms with Crippen LogP contribution in [0.3, 0.4) is 0 Å². The number of hydrazine groups is 1. The van der Waals surface area contributed by atoms with Crippen molar-refractivity contribution in [2.24, 2.45) is 11.8 Å². The largest absolute Gasteiger partial charge is 0.436 e. The monoisotopic (exact) mass is 418 g/mol. The summed E-state index contributed by atoms with van der Waals surface area (Å²) >= 11 is 0. The molecule has 7 heteroatoms. The number of fused-ring (bicyclic) bond motifs is 1. The van der Waals surface area contributed by atoms with Gasteiger partial charge >= 0.3 is 0 Å². The van der Waals surface area contributed by atoms with Crippen LogP contribution < -0.4 is 5.84 Å². The maximum Gasteiger partial charge on any atom is 0.253 e. The third-order valence-corrected chi connectivity index (χ3v) is 6.49. The number of rotatable bonds is 5. The predicted octanol–water partition coefficient (Wildman–Crippen LogP) is 3.60. The van der Waals surface area contributed by atoms with Crippen LogP contribution in [0.4, 0.5) is 0 Å². The standard InChI is InChI=1S/C24H26N4O3/c1-27(19-11-10-17(14-19)24(30)28(25)18-12-13-18)23(29)16-8-6-15(7-9-16)22-26-20-4-2-3-5-21(20)31-22/h2-9,17-19H,10-14,25H2,1H3/t17-,19+/m0/s1. The zero-order chi connectivity index (χ0) is 21.5. The van der Waals surface area contributed by atoms with Crippen molar-refractivity contribution in [3.05, 3.63) is 54.1 Å². The van der Waals surface area contributed by atoms with Crippen molar-refractivity contribution in [2.45, 2.75) is 44.2 Å². The fourth-order valence-electron chi connectivity index (χ4n) is 4.40. The predicted molar refractivity (Wildman–Crippen MR) is 117 cm³/mol. The molecule has 0 aliphatic heterocycles. The fourth-order valence-corrected chi connectivity index (χ4v) is 4.40. The molecule has 31 heavy (non-hydrogen) atoms. The lowest BCUT2D eigenvalue weighted by atomic mass is 10.1. The number of nitrogens with two attached hydrogens (primary N) is 1. The third kappa shape index (κ3) is 3.81. The van der Waals surface area contributed by atoms with Gasteiger partial charge in [0, 0.05) is 36.2 Å². The summed E-state index contributed by atoms with van der Waals surface area (Å²) in [6.07, 6.45) is 4.26. The molecule has 2 aliphatic rings. The zero-order valence-corrected chi connectivity index (χ0v) is 17.5. The van der Waals surface area contributed by atoms with Crippen LogP contribution in [0.5, 0.6) is 0 Å². The van der Waals surface area contributed by atoms with Gasteiger partial charge in [-0.1, -0.05) is 12.1 Å². The number of aromatic nitrogens is 1. The van der Waals surface area contributed by atoms with Gasteiger partial charge in [0.25, 0.3) is 5.91 Å². The van der Waals surface area contributed by atoms with E-state index in [1.807, 2.05) is 43.4 Å². The Bertz CT molecular complexity index is 1090. The van der Waals surface area contributed by atoms with Crippen LogP contribution in [0.1, 0.15) is 42.5 Å². The van der Waals surface area contributed by atoms with E-state index in [9.17, 15) is 9.59 Å². The van der Waals surface area contributed by atoms with Crippen molar-refractivity contribution in [3.63, 3.8) is 0 Å². The second-order valence-electron chi connectivity index (χ2n) is 8.62. The molecule has 1 heterocycles. The molecule has 0 saturated heterocycles. The average molecular weight is 418 g/mol. The molecule has 2 amide bonds. The van der Waals surface area contributed by atoms with E-state index < -0.39 is 0 Å². The Morgan fingerprint density at radius 2 is 1.71 bits per heavy atom. The molecule has 3 aromatic rings. The first kappa shape index (κ1) is 19.8. The van der Waals surface area contributed by atoms with Gasteiger partial charge in [-0.25, -0.2) is 10.8 Å². The summed E-state index contributed by atoms with van der Waals surface area (Å²) in [5, 5.41) is 1.42. The van der Waals surface area contributed by atoms with Crippen LogP contribution >= 0.6 is 0 Å². The Labute approximate surface area is 180 Å². The van der Waals surface area contributed by atoms with Crippen LogP contribution in [0.15, 0.2) is 52.9 Å². The van der Waals surface area contributed by atoms with Crippen molar-refractivity contribution in [1.82, 2.24) is 14.9 Å². The van der Waals surface area contributed by atoms with E-state index >= 15 is 0 Å². The van der Waals surface area contributed by atoms with Crippen LogP contribution in [0, 0.1) is 5.92 Å². The van der Waals surface area contributed by atoms with Crippen molar-refractivity contribution in [1.29, 1.82) is 0 Å². The molecule has 2 fully saturated rings. The van der Waals surface area contributed by atoms with E-state index in [4.69, 9.17) is 10.3 Å². The first-order chi connectivity index (χ1) is 15.0. The first-order valence-corrected chi connectivity index (χ1v) is 10.8. The Morgan fingerprint density at radius 3 is 2.42 bits per heavy atom. The lowest BCUT2D eigenvalue weighted by Gasteiger charge is -2.25. The summed E-state index contributed by atoms with van der Waals surface area (Å²) in [7, 11) is 1.82. The number of oxazole rings is 1. The molecule has 0 spiro atoms. The number of amides is 2. The molecule has 0 bridgehead atoms. The minimum absolute atomic E-state index is 0.0218. The molecular weight excluding hydrogens is 392 g/mol. The first-order valence-electron chi connectivity index (χ1n) is 10.8. The summed E-state index contributed by atoms with van der Waals surface area (Å²) in [5.74, 6) is 6.37. The lowest BCUT2D eigenvalue weighted by Crippen LogP contribution is -2.43. The van der Waals surface area contributed by atoms with E-state index in [0.29, 0.717) is 17.9 Å². The van der Waals surface area contributed by atoms with E-state index in [1.54, 1.807) is 17.0 Å². The highest BCUT2D eigenvalue weighted by Crippen LogP contribution is 2.33. The molecule has 1 aromatic heterocycles. The van der Waals surface area contributed by atoms with Gasteiger partial charge in [-0.3, -0.25) is 14.6 Å². The Hall–Kier alpha value is -3.19. The number of hydrogen-bond acceptors (Lipinski definition) is 5. The van der Waals surface area contributed by atoms with Crippen LogP contribution in [0.2, 0.25) is 0 Å². The molecule has 0 radical (unpaired) electrons. The molecule has 2 aromatic carbocycles. The van der Waals surface area contributed by atoms with E-state index in [0.717, 1.165) is 42.3 Å². The lowest BCUT2D eigenvalue weighted by molar-refractivity contribution is -0.136. The minimum atomic E-state index is -0.0904. The Balaban J connectivity index is 1.25. The number of carbonyl (C=O) groups excluding carboxylic acids is 2. The van der Waals surface area contributed by atoms with Crippen molar-refractivity contribution < 1.29 is 14.0 Å². The number of carbonyl (C=O) groups is 2. The fraction of sp³-hybridized carbons (Fsp3) is 0.375. The molecule has 2 atom stereocenters. The average Bonchev–Trinajstić information content (AvgIpc) is 3.37. The van der Waals surface area contributed by atoms with Crippen molar-refractivity contribution in [2.75, 3.05) is 7.05 Å². The molecule has 0 unspecified atom stereocenters. The molecular formula is C24H26N4O3. The van der Waals surface area contributed by atoms with Gasteiger partial charge in [-0.2, -0.15) is 0 Å². The molecule has 2 saturated carbocycles. The zero-order valence-electron chi connectivity index (χ0n) is 17.5. The van der Waals surface area contributed by atoms with Gasteiger partial charge in [0.1, 0.15) is 5.52 Å². The Morgan fingerprint density at radius 1 is 1.00 bits per heavy atom. The molecule has 2 N–H and O–H groups in total. The van der Waals surface area contributed by atoms with Gasteiger partial charge in [0.05, 0.1) is 0 Å². The third-order valence-electron chi connectivity index (χ3n) is 6.49. The number of hydrogen-bond donors (Lipinski definition) is 1. The maximum atomic E-state index is 13.0. The van der Waals surface area contributed by atoms with Gasteiger partial charge < -0.3 is 9.32 Å². The number of nitrogens with zero attached hydrogens (tertiary/aromatic N) is 3. The maximum absolute atomic E-state index is 13.0. The summed E-state index contributed by atoms with van der Waals surface area (Å²) in [6, 6.07) is 15.2. The Kier molecular flexibility index (Phi) is 4.98. The summed E-state index contributed by atoms with van der Waals surface area (Å²) in [6.45, 7) is 0. The van der Waals surface area contributed by atoms with E-state index in [-0.39, 0.29) is 29.8 Å². The minimum Gasteiger partial charge on any atom is -0.436 e. The highest BCUT2D eigenvalue weighted by molar-refractivity contribution is 5.95. The summed E-state index contributed by atoms with van der Waals surface area (Å²) < 4.78 is 5.81. The van der Waals surface area contributed by atoms with E-state index in [2.05, 4.69) is 4.98 Å².